The topological polar surface area (TPSA) is 125 Å². The number of ether oxygens (including phenoxy) is 1. The lowest BCUT2D eigenvalue weighted by Gasteiger charge is -2.05. The van der Waals surface area contributed by atoms with Crippen molar-refractivity contribution in [3.8, 4) is 22.3 Å². The summed E-state index contributed by atoms with van der Waals surface area (Å²) >= 11 is 0. The van der Waals surface area contributed by atoms with Crippen LogP contribution in [0.2, 0.25) is 0 Å². The number of carboxylic acids is 1. The van der Waals surface area contributed by atoms with Crippen LogP contribution in [0.1, 0.15) is 6.92 Å². The number of benzene rings is 2. The summed E-state index contributed by atoms with van der Waals surface area (Å²) in [4.78, 5) is 30.9. The summed E-state index contributed by atoms with van der Waals surface area (Å²) in [5, 5.41) is 17.0. The second kappa shape index (κ2) is 12.3. The third kappa shape index (κ3) is 6.44. The Labute approximate surface area is 237 Å². The van der Waals surface area contributed by atoms with Gasteiger partial charge in [-0.1, -0.05) is 24.3 Å². The minimum Gasteiger partial charge on any atom is -0.480 e. The van der Waals surface area contributed by atoms with Crippen molar-refractivity contribution in [2.75, 3.05) is 6.61 Å². The number of fused-ring (bicyclic) bond motifs is 2. The molecule has 4 heterocycles. The van der Waals surface area contributed by atoms with Crippen molar-refractivity contribution in [2.24, 2.45) is 0 Å². The van der Waals surface area contributed by atoms with E-state index in [9.17, 15) is 18.4 Å². The summed E-state index contributed by atoms with van der Waals surface area (Å²) in [6.07, 6.45) is 6.48. The Morgan fingerprint density at radius 3 is 1.60 bits per heavy atom. The fraction of sp³-hybridized carbons (Fsp3) is 0.133. The van der Waals surface area contributed by atoms with Crippen LogP contribution in [-0.2, 0) is 27.4 Å². The van der Waals surface area contributed by atoms with Gasteiger partial charge in [0.1, 0.15) is 35.8 Å². The van der Waals surface area contributed by atoms with Crippen LogP contribution in [0.3, 0.4) is 0 Å². The number of nitrogens with zero attached hydrogens (tertiary/aromatic N) is 6. The number of pyridine rings is 2. The van der Waals surface area contributed by atoms with Crippen LogP contribution in [-0.4, -0.2) is 53.2 Å². The van der Waals surface area contributed by atoms with Gasteiger partial charge in [0.2, 0.25) is 0 Å². The molecule has 42 heavy (non-hydrogen) atoms. The summed E-state index contributed by atoms with van der Waals surface area (Å²) in [7, 11) is 0. The zero-order valence-electron chi connectivity index (χ0n) is 22.3. The average molecular weight is 571 g/mol. The molecule has 0 saturated heterocycles. The summed E-state index contributed by atoms with van der Waals surface area (Å²) in [5.41, 5.74) is 5.95. The number of carbonyl (C=O) groups excluding carboxylic acids is 1. The van der Waals surface area contributed by atoms with Gasteiger partial charge in [0.25, 0.3) is 0 Å². The Kier molecular flexibility index (Phi) is 8.23. The van der Waals surface area contributed by atoms with Crippen LogP contribution in [0.15, 0.2) is 85.5 Å². The Morgan fingerprint density at radius 1 is 0.714 bits per heavy atom. The second-order valence-electron chi connectivity index (χ2n) is 9.07. The zero-order valence-corrected chi connectivity index (χ0v) is 22.3. The SMILES string of the molecule is CCOC(=O)Cn1ncc2ncc(-c3ccc(F)cc3)cc21.O=C(O)Cn1ncc2ncc(-c3ccc(F)cc3)cc21. The number of hydrogen-bond acceptors (Lipinski definition) is 7. The van der Waals surface area contributed by atoms with E-state index in [0.717, 1.165) is 27.8 Å². The molecule has 0 saturated carbocycles. The van der Waals surface area contributed by atoms with Crippen molar-refractivity contribution in [1.29, 1.82) is 0 Å². The van der Waals surface area contributed by atoms with Gasteiger partial charge in [0.15, 0.2) is 0 Å². The highest BCUT2D eigenvalue weighted by atomic mass is 19.1. The highest BCUT2D eigenvalue weighted by Crippen LogP contribution is 2.24. The number of rotatable bonds is 7. The van der Waals surface area contributed by atoms with E-state index in [1.54, 1.807) is 60.5 Å². The first-order chi connectivity index (χ1) is 20.3. The maximum atomic E-state index is 13.0. The van der Waals surface area contributed by atoms with E-state index in [-0.39, 0.29) is 30.7 Å². The van der Waals surface area contributed by atoms with Crippen LogP contribution < -0.4 is 0 Å². The first-order valence-corrected chi connectivity index (χ1v) is 12.8. The minimum absolute atomic E-state index is 0.0336. The number of carboxylic acid groups (broad SMARTS) is 1. The van der Waals surface area contributed by atoms with Gasteiger partial charge in [-0.05, 0) is 54.4 Å². The van der Waals surface area contributed by atoms with Crippen LogP contribution in [0.25, 0.3) is 44.3 Å². The molecule has 0 unspecified atom stereocenters. The van der Waals surface area contributed by atoms with Crippen molar-refractivity contribution < 1.29 is 28.2 Å². The molecule has 1 N–H and O–H groups in total. The van der Waals surface area contributed by atoms with Gasteiger partial charge in [-0.2, -0.15) is 10.2 Å². The summed E-state index contributed by atoms with van der Waals surface area (Å²) in [6, 6.07) is 15.9. The molecule has 0 atom stereocenters. The van der Waals surface area contributed by atoms with Gasteiger partial charge >= 0.3 is 11.9 Å². The molecule has 6 rings (SSSR count). The molecule has 0 aliphatic rings. The molecule has 0 aliphatic carbocycles. The molecule has 0 amide bonds. The quantitative estimate of drug-likeness (QED) is 0.262. The monoisotopic (exact) mass is 570 g/mol. The Balaban J connectivity index is 0.000000169. The van der Waals surface area contributed by atoms with E-state index in [1.807, 2.05) is 6.07 Å². The molecule has 12 heteroatoms. The predicted octanol–water partition coefficient (Wildman–Crippen LogP) is 5.12. The average Bonchev–Trinajstić information content (AvgIpc) is 3.57. The van der Waals surface area contributed by atoms with Gasteiger partial charge in [0, 0.05) is 23.5 Å². The van der Waals surface area contributed by atoms with Crippen LogP contribution in [0, 0.1) is 11.6 Å². The van der Waals surface area contributed by atoms with Crippen molar-refractivity contribution in [1.82, 2.24) is 29.5 Å². The Hall–Kier alpha value is -5.52. The van der Waals surface area contributed by atoms with Crippen molar-refractivity contribution in [3.63, 3.8) is 0 Å². The second-order valence-corrected chi connectivity index (χ2v) is 9.07. The smallest absolute Gasteiger partial charge is 0.327 e. The molecule has 4 aromatic heterocycles. The van der Waals surface area contributed by atoms with E-state index in [2.05, 4.69) is 20.2 Å². The lowest BCUT2D eigenvalue weighted by molar-refractivity contribution is -0.144. The fourth-order valence-electron chi connectivity index (χ4n) is 4.22. The van der Waals surface area contributed by atoms with Crippen LogP contribution in [0.4, 0.5) is 8.78 Å². The minimum atomic E-state index is -0.970. The van der Waals surface area contributed by atoms with E-state index in [1.165, 1.54) is 35.1 Å². The lowest BCUT2D eigenvalue weighted by atomic mass is 10.1. The predicted molar refractivity (Wildman–Crippen MR) is 150 cm³/mol. The summed E-state index contributed by atoms with van der Waals surface area (Å²) in [6.45, 7) is 1.90. The third-order valence-electron chi connectivity index (χ3n) is 6.21. The highest BCUT2D eigenvalue weighted by Gasteiger charge is 2.11. The maximum absolute atomic E-state index is 13.0. The van der Waals surface area contributed by atoms with Crippen molar-refractivity contribution in [3.05, 3.63) is 97.1 Å². The fourth-order valence-corrected chi connectivity index (χ4v) is 4.22. The first kappa shape index (κ1) is 28.0. The van der Waals surface area contributed by atoms with Crippen LogP contribution in [0.5, 0.6) is 0 Å². The summed E-state index contributed by atoms with van der Waals surface area (Å²) < 4.78 is 33.8. The molecule has 0 fully saturated rings. The first-order valence-electron chi connectivity index (χ1n) is 12.8. The number of esters is 1. The molecule has 2 aromatic carbocycles. The van der Waals surface area contributed by atoms with Gasteiger partial charge in [-0.15, -0.1) is 0 Å². The van der Waals surface area contributed by atoms with Crippen LogP contribution >= 0.6 is 0 Å². The number of aromatic nitrogens is 6. The molecule has 0 bridgehead atoms. The van der Waals surface area contributed by atoms with Gasteiger partial charge in [0.05, 0.1) is 30.0 Å². The van der Waals surface area contributed by atoms with Gasteiger partial charge in [-0.3, -0.25) is 28.9 Å². The standard InChI is InChI=1S/C16H14FN3O2.C14H10FN3O2/c1-2-22-16(21)10-20-15-7-12(8-18-14(15)9-19-20)11-3-5-13(17)6-4-11;15-11-3-1-9(2-4-11)10-5-13-12(16-6-10)7-17-18(13)8-14(19)20/h3-9H,2,10H2,1H3;1-7H,8H2,(H,19,20). The van der Waals surface area contributed by atoms with E-state index < -0.39 is 5.97 Å². The molecule has 6 aromatic rings. The molecule has 212 valence electrons. The summed E-state index contributed by atoms with van der Waals surface area (Å²) in [5.74, 6) is -1.91. The van der Waals surface area contributed by atoms with Crippen molar-refractivity contribution >= 4 is 34.0 Å². The number of carbonyl (C=O) groups is 2. The Morgan fingerprint density at radius 2 is 1.17 bits per heavy atom. The molecular weight excluding hydrogens is 546 g/mol. The molecule has 0 aliphatic heterocycles. The zero-order chi connectivity index (χ0) is 29.6. The van der Waals surface area contributed by atoms with Gasteiger partial charge < -0.3 is 9.84 Å². The maximum Gasteiger partial charge on any atom is 0.327 e. The van der Waals surface area contributed by atoms with E-state index >= 15 is 0 Å². The number of aliphatic carboxylic acids is 1. The number of halogens is 2. The van der Waals surface area contributed by atoms with Gasteiger partial charge in [-0.25, -0.2) is 8.78 Å². The highest BCUT2D eigenvalue weighted by molar-refractivity contribution is 5.82. The third-order valence-corrected chi connectivity index (χ3v) is 6.21. The largest absolute Gasteiger partial charge is 0.480 e. The normalized spacial score (nSPS) is 10.8. The lowest BCUT2D eigenvalue weighted by Crippen LogP contribution is -2.14. The molecular formula is C30H24F2N6O4. The Bertz CT molecular complexity index is 1870. The number of hydrogen-bond donors (Lipinski definition) is 1. The molecule has 10 nitrogen and oxygen atoms in total. The molecule has 0 spiro atoms. The van der Waals surface area contributed by atoms with Crippen molar-refractivity contribution in [2.45, 2.75) is 20.0 Å². The molecule has 0 radical (unpaired) electrons. The van der Waals surface area contributed by atoms with E-state index in [0.29, 0.717) is 23.2 Å². The van der Waals surface area contributed by atoms with E-state index in [4.69, 9.17) is 9.84 Å².